The van der Waals surface area contributed by atoms with Crippen LogP contribution in [0.25, 0.3) is 0 Å². The zero-order valence-electron chi connectivity index (χ0n) is 11.3. The number of hydrogen-bond donors (Lipinski definition) is 0. The van der Waals surface area contributed by atoms with Crippen molar-refractivity contribution >= 4 is 16.8 Å². The summed E-state index contributed by atoms with van der Waals surface area (Å²) in [7, 11) is 0. The molecule has 1 nitrogen and oxygen atoms in total. The summed E-state index contributed by atoms with van der Waals surface area (Å²) in [6.07, 6.45) is 11.2. The lowest BCUT2D eigenvalue weighted by atomic mass is 10.0. The van der Waals surface area contributed by atoms with Gasteiger partial charge in [-0.15, -0.1) is 0 Å². The second-order valence-electron chi connectivity index (χ2n) is 4.79. The van der Waals surface area contributed by atoms with E-state index in [4.69, 9.17) is 11.6 Å². The number of carbonyl (C=O) groups is 1. The predicted molar refractivity (Wildman–Crippen MR) is 76.2 cm³/mol. The highest BCUT2D eigenvalue weighted by Crippen LogP contribution is 2.13. The lowest BCUT2D eigenvalue weighted by molar-refractivity contribution is -0.107. The van der Waals surface area contributed by atoms with Gasteiger partial charge in [0.15, 0.2) is 0 Å². The normalized spacial score (nSPS) is 13.8. The van der Waals surface area contributed by atoms with Crippen molar-refractivity contribution in [2.24, 2.45) is 5.92 Å². The van der Waals surface area contributed by atoms with Crippen LogP contribution in [0.15, 0.2) is 35.5 Å². The van der Waals surface area contributed by atoms with Crippen molar-refractivity contribution in [3.8, 4) is 0 Å². The van der Waals surface area contributed by atoms with E-state index in [0.717, 1.165) is 18.4 Å². The molecule has 0 saturated carbocycles. The molecular formula is C15H23ClO. The van der Waals surface area contributed by atoms with Gasteiger partial charge in [-0.3, -0.25) is 4.79 Å². The molecule has 0 aliphatic heterocycles. The molecule has 0 aromatic rings. The van der Waals surface area contributed by atoms with E-state index >= 15 is 0 Å². The zero-order valence-corrected chi connectivity index (χ0v) is 12.1. The van der Waals surface area contributed by atoms with Crippen molar-refractivity contribution in [1.29, 1.82) is 0 Å². The Morgan fingerprint density at radius 2 is 1.94 bits per heavy atom. The van der Waals surface area contributed by atoms with Gasteiger partial charge in [-0.05, 0) is 63.1 Å². The monoisotopic (exact) mass is 254 g/mol. The molecule has 0 spiro atoms. The second kappa shape index (κ2) is 9.23. The molecule has 96 valence electrons. The van der Waals surface area contributed by atoms with Crippen LogP contribution in [0.3, 0.4) is 0 Å². The van der Waals surface area contributed by atoms with E-state index in [1.807, 2.05) is 13.0 Å². The van der Waals surface area contributed by atoms with E-state index in [1.54, 1.807) is 0 Å². The van der Waals surface area contributed by atoms with Gasteiger partial charge in [0.25, 0.3) is 0 Å². The summed E-state index contributed by atoms with van der Waals surface area (Å²) in [6, 6.07) is 0. The first-order chi connectivity index (χ1) is 7.91. The van der Waals surface area contributed by atoms with Crippen molar-refractivity contribution in [1.82, 2.24) is 0 Å². The van der Waals surface area contributed by atoms with Crippen LogP contribution in [-0.2, 0) is 4.79 Å². The highest BCUT2D eigenvalue weighted by atomic mass is 35.5. The van der Waals surface area contributed by atoms with Crippen LogP contribution in [0, 0.1) is 5.92 Å². The van der Waals surface area contributed by atoms with Crippen LogP contribution in [0.5, 0.6) is 0 Å². The Morgan fingerprint density at radius 3 is 2.47 bits per heavy atom. The van der Waals surface area contributed by atoms with Crippen LogP contribution in [0.2, 0.25) is 0 Å². The Balaban J connectivity index is 3.91. The third kappa shape index (κ3) is 11.4. The summed E-state index contributed by atoms with van der Waals surface area (Å²) in [4.78, 5) is 10.6. The molecule has 17 heavy (non-hydrogen) atoms. The van der Waals surface area contributed by atoms with Gasteiger partial charge in [0.2, 0.25) is 5.24 Å². The van der Waals surface area contributed by atoms with Gasteiger partial charge in [-0.25, -0.2) is 0 Å². The van der Waals surface area contributed by atoms with Crippen LogP contribution < -0.4 is 0 Å². The summed E-state index contributed by atoms with van der Waals surface area (Å²) < 4.78 is 0. The number of rotatable bonds is 7. The fraction of sp³-hybridized carbons (Fsp3) is 0.533. The minimum Gasteiger partial charge on any atom is -0.276 e. The molecule has 0 aliphatic carbocycles. The molecule has 0 saturated heterocycles. The number of allylic oxidation sites excluding steroid dienone is 6. The maximum Gasteiger partial charge on any atom is 0.245 e. The topological polar surface area (TPSA) is 17.1 Å². The maximum absolute atomic E-state index is 10.6. The summed E-state index contributed by atoms with van der Waals surface area (Å²) in [5.41, 5.74) is 2.29. The van der Waals surface area contributed by atoms with Gasteiger partial charge in [-0.1, -0.05) is 30.7 Å². The molecule has 1 unspecified atom stereocenters. The van der Waals surface area contributed by atoms with E-state index in [1.165, 1.54) is 18.1 Å². The average molecular weight is 255 g/mol. The van der Waals surface area contributed by atoms with Crippen LogP contribution >= 0.6 is 11.6 Å². The number of carbonyl (C=O) groups excluding carboxylic acids is 1. The Bertz CT molecular complexity index is 320. The molecule has 2 heteroatoms. The van der Waals surface area contributed by atoms with Crippen molar-refractivity contribution in [3.63, 3.8) is 0 Å². The Hall–Kier alpha value is -0.820. The van der Waals surface area contributed by atoms with Crippen molar-refractivity contribution < 1.29 is 4.79 Å². The third-order valence-electron chi connectivity index (χ3n) is 2.47. The molecule has 0 fully saturated rings. The minimum atomic E-state index is -0.413. The average Bonchev–Trinajstić information content (AvgIpc) is 2.15. The van der Waals surface area contributed by atoms with Gasteiger partial charge in [0.1, 0.15) is 0 Å². The van der Waals surface area contributed by atoms with Gasteiger partial charge in [-0.2, -0.15) is 0 Å². The molecule has 0 rings (SSSR count). The van der Waals surface area contributed by atoms with Crippen molar-refractivity contribution in [3.05, 3.63) is 35.5 Å². The van der Waals surface area contributed by atoms with Gasteiger partial charge < -0.3 is 0 Å². The SMILES string of the molecule is CC(C)=CCCC(C)CC=CC(C)=CC(=O)Cl. The Kier molecular flexibility index (Phi) is 8.79. The highest BCUT2D eigenvalue weighted by molar-refractivity contribution is 6.66. The van der Waals surface area contributed by atoms with E-state index in [2.05, 4.69) is 32.9 Å². The van der Waals surface area contributed by atoms with Crippen LogP contribution in [0.1, 0.15) is 47.0 Å². The fourth-order valence-electron chi connectivity index (χ4n) is 1.49. The van der Waals surface area contributed by atoms with Crippen molar-refractivity contribution in [2.75, 3.05) is 0 Å². The van der Waals surface area contributed by atoms with Gasteiger partial charge in [0.05, 0.1) is 0 Å². The summed E-state index contributed by atoms with van der Waals surface area (Å²) in [6.45, 7) is 8.38. The lowest BCUT2D eigenvalue weighted by Gasteiger charge is -2.06. The van der Waals surface area contributed by atoms with E-state index in [9.17, 15) is 4.79 Å². The third-order valence-corrected chi connectivity index (χ3v) is 2.58. The molecule has 0 radical (unpaired) electrons. The van der Waals surface area contributed by atoms with Crippen molar-refractivity contribution in [2.45, 2.75) is 47.0 Å². The molecule has 1 atom stereocenters. The molecular weight excluding hydrogens is 232 g/mol. The molecule has 0 amide bonds. The van der Waals surface area contributed by atoms with Gasteiger partial charge in [0, 0.05) is 6.08 Å². The van der Waals surface area contributed by atoms with E-state index in [-0.39, 0.29) is 0 Å². The maximum atomic E-state index is 10.6. The largest absolute Gasteiger partial charge is 0.276 e. The van der Waals surface area contributed by atoms with E-state index < -0.39 is 5.24 Å². The Labute approximate surface area is 110 Å². The van der Waals surface area contributed by atoms with Crippen LogP contribution in [0.4, 0.5) is 0 Å². The zero-order chi connectivity index (χ0) is 13.3. The first-order valence-corrected chi connectivity index (χ1v) is 6.47. The minimum absolute atomic E-state index is 0.413. The number of hydrogen-bond acceptors (Lipinski definition) is 1. The van der Waals surface area contributed by atoms with Gasteiger partial charge >= 0.3 is 0 Å². The molecule has 0 bridgehead atoms. The predicted octanol–water partition coefficient (Wildman–Crippen LogP) is 5.03. The quantitative estimate of drug-likeness (QED) is 0.270. The molecule has 0 heterocycles. The fourth-order valence-corrected chi connectivity index (χ4v) is 1.66. The smallest absolute Gasteiger partial charge is 0.245 e. The first kappa shape index (κ1) is 16.2. The molecule has 0 aromatic heterocycles. The van der Waals surface area contributed by atoms with Crippen LogP contribution in [-0.4, -0.2) is 5.24 Å². The highest BCUT2D eigenvalue weighted by Gasteiger charge is 1.98. The first-order valence-electron chi connectivity index (χ1n) is 6.09. The summed E-state index contributed by atoms with van der Waals surface area (Å²) >= 11 is 5.26. The number of halogens is 1. The molecule has 0 aliphatic rings. The summed E-state index contributed by atoms with van der Waals surface area (Å²) in [5, 5.41) is -0.413. The summed E-state index contributed by atoms with van der Waals surface area (Å²) in [5.74, 6) is 0.668. The van der Waals surface area contributed by atoms with E-state index in [0.29, 0.717) is 5.92 Å². The standard InChI is InChI=1S/C15H23ClO/c1-12(2)7-5-8-13(3)9-6-10-14(4)11-15(16)17/h6-7,10-11,13H,5,8-9H2,1-4H3. The lowest BCUT2D eigenvalue weighted by Crippen LogP contribution is -1.91. The Morgan fingerprint density at radius 1 is 1.29 bits per heavy atom. The second-order valence-corrected chi connectivity index (χ2v) is 5.17. The molecule has 0 aromatic carbocycles. The molecule has 0 N–H and O–H groups in total.